The molecule has 0 aliphatic rings. The highest BCUT2D eigenvalue weighted by Crippen LogP contribution is 2.35. The van der Waals surface area contributed by atoms with Crippen LogP contribution in [0.2, 0.25) is 0 Å². The van der Waals surface area contributed by atoms with E-state index >= 15 is 0 Å². The molecule has 0 aromatic heterocycles. The third-order valence-corrected chi connectivity index (χ3v) is 2.84. The number of halogens is 4. The predicted octanol–water partition coefficient (Wildman–Crippen LogP) is 3.77. The van der Waals surface area contributed by atoms with Crippen LogP contribution in [0, 0.1) is 5.82 Å². The molecular weight excluding hydrogens is 304 g/mol. The molecule has 0 spiro atoms. The summed E-state index contributed by atoms with van der Waals surface area (Å²) in [4.78, 5) is 12.3. The minimum atomic E-state index is -4.90. The molecule has 0 unspecified atom stereocenters. The van der Waals surface area contributed by atoms with Crippen molar-refractivity contribution in [3.8, 4) is 5.75 Å². The zero-order valence-electron chi connectivity index (χ0n) is 10.9. The van der Waals surface area contributed by atoms with Crippen LogP contribution in [0.1, 0.15) is 5.56 Å². The highest BCUT2D eigenvalue weighted by molar-refractivity contribution is 5.98. The second kappa shape index (κ2) is 5.55. The molecule has 2 rings (SSSR count). The molecule has 2 aromatic rings. The summed E-state index contributed by atoms with van der Waals surface area (Å²) in [6, 6.07) is 6.10. The Labute approximate surface area is 122 Å². The quantitative estimate of drug-likeness (QED) is 0.829. The topological polar surface area (TPSA) is 66.6 Å². The fourth-order valence-corrected chi connectivity index (χ4v) is 1.87. The Kier molecular flexibility index (Phi) is 3.94. The largest absolute Gasteiger partial charge is 0.508 e. The van der Waals surface area contributed by atoms with Gasteiger partial charge in [0.25, 0.3) is 0 Å². The molecule has 4 nitrogen and oxygen atoms in total. The molecule has 3 N–H and O–H groups in total. The first-order valence-electron chi connectivity index (χ1n) is 5.95. The van der Waals surface area contributed by atoms with Gasteiger partial charge in [0, 0.05) is 0 Å². The first-order valence-corrected chi connectivity index (χ1v) is 5.95. The highest BCUT2D eigenvalue weighted by atomic mass is 19.4. The smallest absolute Gasteiger partial charge is 0.419 e. The van der Waals surface area contributed by atoms with Crippen LogP contribution in [0.5, 0.6) is 5.75 Å². The first kappa shape index (κ1) is 15.6. The summed E-state index contributed by atoms with van der Waals surface area (Å²) in [5, 5.41) is 9.20. The van der Waals surface area contributed by atoms with Gasteiger partial charge in [-0.1, -0.05) is 0 Å². The molecule has 0 fully saturated rings. The van der Waals surface area contributed by atoms with E-state index in [0.717, 1.165) is 11.0 Å². The number of carbonyl (C=O) groups excluding carboxylic acids is 1. The predicted molar refractivity (Wildman–Crippen MR) is 71.2 cm³/mol. The number of carbonyl (C=O) groups is 1. The van der Waals surface area contributed by atoms with Gasteiger partial charge in [-0.05, 0) is 42.5 Å². The van der Waals surface area contributed by atoms with Gasteiger partial charge in [0.2, 0.25) is 0 Å². The van der Waals surface area contributed by atoms with E-state index in [9.17, 15) is 27.5 Å². The van der Waals surface area contributed by atoms with Crippen LogP contribution in [-0.4, -0.2) is 11.1 Å². The molecule has 22 heavy (non-hydrogen) atoms. The van der Waals surface area contributed by atoms with Crippen molar-refractivity contribution in [2.75, 3.05) is 4.90 Å². The Hall–Kier alpha value is -2.77. The van der Waals surface area contributed by atoms with E-state index < -0.39 is 23.6 Å². The molecule has 8 heteroatoms. The molecule has 0 saturated heterocycles. The summed E-state index contributed by atoms with van der Waals surface area (Å²) in [6.45, 7) is 0. The molecular formula is C14H10F4N2O2. The number of rotatable bonds is 2. The van der Waals surface area contributed by atoms with Gasteiger partial charge in [-0.25, -0.2) is 9.18 Å². The number of benzene rings is 2. The number of phenolic OH excluding ortho intramolecular Hbond substituents is 1. The van der Waals surface area contributed by atoms with Gasteiger partial charge in [-0.15, -0.1) is 0 Å². The standard InChI is InChI=1S/C14H10F4N2O2/c15-12-6-3-9(7-11(12)14(16,17)18)20(13(19)22)8-1-4-10(21)5-2-8/h1-7,21H,(H2,19,22). The molecule has 0 aliphatic carbocycles. The van der Waals surface area contributed by atoms with Crippen LogP contribution in [0.4, 0.5) is 33.7 Å². The van der Waals surface area contributed by atoms with Crippen molar-refractivity contribution in [2.24, 2.45) is 5.73 Å². The normalized spacial score (nSPS) is 11.3. The average molecular weight is 314 g/mol. The third kappa shape index (κ3) is 3.11. The van der Waals surface area contributed by atoms with Crippen LogP contribution in [0.25, 0.3) is 0 Å². The van der Waals surface area contributed by atoms with Gasteiger partial charge in [0.1, 0.15) is 11.6 Å². The number of nitrogens with zero attached hydrogens (tertiary/aromatic N) is 1. The van der Waals surface area contributed by atoms with Crippen LogP contribution < -0.4 is 10.6 Å². The number of hydrogen-bond acceptors (Lipinski definition) is 2. The Morgan fingerprint density at radius 1 is 1.05 bits per heavy atom. The molecule has 0 atom stereocenters. The zero-order valence-corrected chi connectivity index (χ0v) is 10.9. The van der Waals surface area contributed by atoms with E-state index in [4.69, 9.17) is 5.73 Å². The van der Waals surface area contributed by atoms with Crippen molar-refractivity contribution in [1.29, 1.82) is 0 Å². The van der Waals surface area contributed by atoms with Gasteiger partial charge in [0.15, 0.2) is 0 Å². The first-order chi connectivity index (χ1) is 10.2. The minimum absolute atomic E-state index is 0.0942. The van der Waals surface area contributed by atoms with Crippen LogP contribution in [0.15, 0.2) is 42.5 Å². The summed E-state index contributed by atoms with van der Waals surface area (Å²) in [6.07, 6.45) is -4.90. The number of alkyl halides is 3. The van der Waals surface area contributed by atoms with Gasteiger partial charge in [0.05, 0.1) is 16.9 Å². The van der Waals surface area contributed by atoms with Crippen LogP contribution in [-0.2, 0) is 6.18 Å². The molecule has 2 amide bonds. The molecule has 2 aromatic carbocycles. The number of hydrogen-bond donors (Lipinski definition) is 2. The summed E-state index contributed by atoms with van der Waals surface area (Å²) in [7, 11) is 0. The van der Waals surface area contributed by atoms with Gasteiger partial charge < -0.3 is 10.8 Å². The Morgan fingerprint density at radius 2 is 1.59 bits per heavy atom. The van der Waals surface area contributed by atoms with Gasteiger partial charge in [-0.3, -0.25) is 4.90 Å². The van der Waals surface area contributed by atoms with Crippen molar-refractivity contribution in [2.45, 2.75) is 6.18 Å². The van der Waals surface area contributed by atoms with Crippen molar-refractivity contribution >= 4 is 17.4 Å². The SMILES string of the molecule is NC(=O)N(c1ccc(O)cc1)c1ccc(F)c(C(F)(F)F)c1. The summed E-state index contributed by atoms with van der Waals surface area (Å²) < 4.78 is 51.5. The number of primary amides is 1. The van der Waals surface area contributed by atoms with Crippen LogP contribution in [0.3, 0.4) is 0 Å². The van der Waals surface area contributed by atoms with Crippen molar-refractivity contribution in [1.82, 2.24) is 0 Å². The summed E-state index contributed by atoms with van der Waals surface area (Å²) in [5.41, 5.74) is 3.57. The molecule has 0 radical (unpaired) electrons. The Morgan fingerprint density at radius 3 is 2.09 bits per heavy atom. The summed E-state index contributed by atoms with van der Waals surface area (Å²) >= 11 is 0. The van der Waals surface area contributed by atoms with E-state index in [1.165, 1.54) is 24.3 Å². The second-order valence-corrected chi connectivity index (χ2v) is 4.35. The number of nitrogens with two attached hydrogens (primary N) is 1. The monoisotopic (exact) mass is 314 g/mol. The number of phenols is 1. The van der Waals surface area contributed by atoms with E-state index in [1.54, 1.807) is 0 Å². The lowest BCUT2D eigenvalue weighted by Gasteiger charge is -2.22. The molecule has 0 saturated carbocycles. The lowest BCUT2D eigenvalue weighted by molar-refractivity contribution is -0.139. The lowest BCUT2D eigenvalue weighted by atomic mass is 10.1. The van der Waals surface area contributed by atoms with Gasteiger partial charge in [-0.2, -0.15) is 13.2 Å². The fraction of sp³-hybridized carbons (Fsp3) is 0.0714. The Balaban J connectivity index is 2.55. The Bertz CT molecular complexity index is 699. The van der Waals surface area contributed by atoms with Gasteiger partial charge >= 0.3 is 12.2 Å². The maximum absolute atomic E-state index is 13.3. The average Bonchev–Trinajstić information content (AvgIpc) is 2.41. The zero-order chi connectivity index (χ0) is 16.5. The number of amides is 2. The van der Waals surface area contributed by atoms with E-state index in [1.807, 2.05) is 0 Å². The minimum Gasteiger partial charge on any atom is -0.508 e. The maximum atomic E-state index is 13.3. The maximum Gasteiger partial charge on any atom is 0.419 e. The molecule has 0 bridgehead atoms. The fourth-order valence-electron chi connectivity index (χ4n) is 1.87. The summed E-state index contributed by atoms with van der Waals surface area (Å²) in [5.74, 6) is -1.55. The van der Waals surface area contributed by atoms with Crippen LogP contribution >= 0.6 is 0 Å². The van der Waals surface area contributed by atoms with E-state index in [-0.39, 0.29) is 17.1 Å². The number of urea groups is 1. The van der Waals surface area contributed by atoms with E-state index in [0.29, 0.717) is 12.1 Å². The van der Waals surface area contributed by atoms with Crippen molar-refractivity contribution in [3.63, 3.8) is 0 Å². The second-order valence-electron chi connectivity index (χ2n) is 4.35. The third-order valence-electron chi connectivity index (χ3n) is 2.84. The number of anilines is 2. The van der Waals surface area contributed by atoms with Crippen molar-refractivity contribution in [3.05, 3.63) is 53.8 Å². The van der Waals surface area contributed by atoms with Crippen molar-refractivity contribution < 1.29 is 27.5 Å². The highest BCUT2D eigenvalue weighted by Gasteiger charge is 2.35. The molecule has 116 valence electrons. The van der Waals surface area contributed by atoms with E-state index in [2.05, 4.69) is 0 Å². The lowest BCUT2D eigenvalue weighted by Crippen LogP contribution is -2.31. The molecule has 0 heterocycles. The molecule has 0 aliphatic heterocycles. The number of aromatic hydroxyl groups is 1.